The Balaban J connectivity index is 1.12. The summed E-state index contributed by atoms with van der Waals surface area (Å²) in [6.07, 6.45) is 3.41. The molecule has 0 amide bonds. The van der Waals surface area contributed by atoms with Crippen molar-refractivity contribution < 1.29 is 22.6 Å². The van der Waals surface area contributed by atoms with Crippen LogP contribution in [0.25, 0.3) is 17.0 Å². The van der Waals surface area contributed by atoms with Gasteiger partial charge >= 0.3 is 6.18 Å². The van der Waals surface area contributed by atoms with Crippen LogP contribution in [0.3, 0.4) is 0 Å². The van der Waals surface area contributed by atoms with Crippen molar-refractivity contribution in [3.63, 3.8) is 0 Å². The second-order valence-electron chi connectivity index (χ2n) is 10.8. The molecule has 1 saturated heterocycles. The minimum absolute atomic E-state index is 0.0379. The summed E-state index contributed by atoms with van der Waals surface area (Å²) < 4.78 is 55.4. The van der Waals surface area contributed by atoms with Crippen LogP contribution in [0.2, 0.25) is 0 Å². The SMILES string of the molecule is Cc1nc(-c2ccc3nnc([C@H]4CCC[C@@H](Nc5ncc(C(F)(F)F)c(OC6COC6)n5)C4)n3c2)n2c1CCC2. The van der Waals surface area contributed by atoms with Crippen molar-refractivity contribution in [2.24, 2.45) is 0 Å². The minimum atomic E-state index is -4.61. The van der Waals surface area contributed by atoms with E-state index in [9.17, 15) is 13.2 Å². The predicted octanol–water partition coefficient (Wildman–Crippen LogP) is 4.57. The first-order chi connectivity index (χ1) is 19.3. The number of hydrogen-bond acceptors (Lipinski definition) is 8. The molecule has 40 heavy (non-hydrogen) atoms. The summed E-state index contributed by atoms with van der Waals surface area (Å²) in [5.41, 5.74) is 3.19. The minimum Gasteiger partial charge on any atom is -0.469 e. The highest BCUT2D eigenvalue weighted by molar-refractivity contribution is 5.60. The van der Waals surface area contributed by atoms with E-state index >= 15 is 0 Å². The molecule has 1 aliphatic carbocycles. The predicted molar refractivity (Wildman–Crippen MR) is 138 cm³/mol. The zero-order chi connectivity index (χ0) is 27.4. The Labute approximate surface area is 228 Å². The Morgan fingerprint density at radius 1 is 1.10 bits per heavy atom. The highest BCUT2D eigenvalue weighted by atomic mass is 19.4. The molecular formula is C27H29F3N8O2. The number of rotatable bonds is 6. The third-order valence-electron chi connectivity index (χ3n) is 8.07. The molecule has 2 aliphatic heterocycles. The summed E-state index contributed by atoms with van der Waals surface area (Å²) in [7, 11) is 0. The summed E-state index contributed by atoms with van der Waals surface area (Å²) in [5, 5.41) is 12.2. The van der Waals surface area contributed by atoms with Gasteiger partial charge in [-0.1, -0.05) is 6.42 Å². The summed E-state index contributed by atoms with van der Waals surface area (Å²) in [6.45, 7) is 3.52. The third kappa shape index (κ3) is 4.55. The van der Waals surface area contributed by atoms with Gasteiger partial charge in [-0.25, -0.2) is 9.97 Å². The quantitative estimate of drug-likeness (QED) is 0.370. The summed E-state index contributed by atoms with van der Waals surface area (Å²) in [6, 6.07) is 3.98. The number of ether oxygens (including phenoxy) is 2. The van der Waals surface area contributed by atoms with Gasteiger partial charge in [-0.05, 0) is 51.2 Å². The van der Waals surface area contributed by atoms with E-state index in [0.29, 0.717) is 0 Å². The monoisotopic (exact) mass is 554 g/mol. The number of aromatic nitrogens is 7. The van der Waals surface area contributed by atoms with E-state index in [1.54, 1.807) is 0 Å². The highest BCUT2D eigenvalue weighted by Crippen LogP contribution is 2.37. The summed E-state index contributed by atoms with van der Waals surface area (Å²) in [5.74, 6) is 1.60. The zero-order valence-corrected chi connectivity index (χ0v) is 22.0. The van der Waals surface area contributed by atoms with E-state index in [4.69, 9.17) is 14.5 Å². The number of fused-ring (bicyclic) bond motifs is 2. The molecule has 4 aromatic heterocycles. The van der Waals surface area contributed by atoms with Gasteiger partial charge in [-0.3, -0.25) is 4.40 Å². The zero-order valence-electron chi connectivity index (χ0n) is 22.0. The number of hydrogen-bond donors (Lipinski definition) is 1. The number of anilines is 1. The topological polar surface area (TPSA) is 104 Å². The Kier molecular flexibility index (Phi) is 6.13. The number of nitrogens with one attached hydrogen (secondary N) is 1. The fraction of sp³-hybridized carbons (Fsp3) is 0.519. The number of aryl methyl sites for hydroxylation is 1. The number of halogens is 3. The van der Waals surface area contributed by atoms with Crippen molar-refractivity contribution in [3.8, 4) is 17.3 Å². The van der Waals surface area contributed by atoms with Gasteiger partial charge in [0.05, 0.1) is 18.9 Å². The normalized spacial score (nSPS) is 21.4. The second kappa shape index (κ2) is 9.72. The van der Waals surface area contributed by atoms with Crippen LogP contribution in [-0.2, 0) is 23.9 Å². The Morgan fingerprint density at radius 3 is 2.77 bits per heavy atom. The summed E-state index contributed by atoms with van der Waals surface area (Å²) >= 11 is 0. The van der Waals surface area contributed by atoms with Crippen molar-refractivity contribution in [1.29, 1.82) is 0 Å². The second-order valence-corrected chi connectivity index (χ2v) is 10.8. The molecular weight excluding hydrogens is 525 g/mol. The molecule has 6 heterocycles. The lowest BCUT2D eigenvalue weighted by atomic mass is 9.85. The van der Waals surface area contributed by atoms with Crippen molar-refractivity contribution >= 4 is 11.6 Å². The Bertz CT molecular complexity index is 1560. The lowest BCUT2D eigenvalue weighted by Crippen LogP contribution is -2.39. The van der Waals surface area contributed by atoms with Gasteiger partial charge in [0.1, 0.15) is 23.3 Å². The highest BCUT2D eigenvalue weighted by Gasteiger charge is 2.38. The van der Waals surface area contributed by atoms with Crippen molar-refractivity contribution in [2.45, 2.75) is 76.2 Å². The fourth-order valence-corrected chi connectivity index (χ4v) is 6.01. The smallest absolute Gasteiger partial charge is 0.423 e. The molecule has 0 unspecified atom stereocenters. The van der Waals surface area contributed by atoms with E-state index < -0.39 is 23.7 Å². The average molecular weight is 555 g/mol. The van der Waals surface area contributed by atoms with Gasteiger partial charge in [0.15, 0.2) is 5.65 Å². The van der Waals surface area contributed by atoms with Crippen LogP contribution in [0.5, 0.6) is 5.88 Å². The number of nitrogens with zero attached hydrogens (tertiary/aromatic N) is 7. The first-order valence-corrected chi connectivity index (χ1v) is 13.7. The molecule has 3 aliphatic rings. The van der Waals surface area contributed by atoms with Crippen LogP contribution in [0.4, 0.5) is 19.1 Å². The van der Waals surface area contributed by atoms with Crippen LogP contribution in [0.15, 0.2) is 24.5 Å². The van der Waals surface area contributed by atoms with Crippen LogP contribution >= 0.6 is 0 Å². The first-order valence-electron chi connectivity index (χ1n) is 13.7. The van der Waals surface area contributed by atoms with Gasteiger partial charge in [0, 0.05) is 42.2 Å². The Morgan fingerprint density at radius 2 is 1.98 bits per heavy atom. The molecule has 0 spiro atoms. The first kappa shape index (κ1) is 25.2. The van der Waals surface area contributed by atoms with Crippen molar-refractivity contribution in [1.82, 2.24) is 34.1 Å². The standard InChI is InChI=1S/C27H29F3N8O2/c1-15-21-6-3-9-37(21)23(32-15)17-7-8-22-35-36-24(38(22)12-17)16-4-2-5-18(10-16)33-26-31-11-20(27(28,29)30)25(34-26)40-19-13-39-14-19/h7-8,11-12,16,18-19H,2-6,9-10,13-14H2,1H3,(H,31,33,34)/t16-,18+/m0/s1. The molecule has 1 saturated carbocycles. The molecule has 0 radical (unpaired) electrons. The number of imidazole rings is 1. The van der Waals surface area contributed by atoms with Crippen LogP contribution < -0.4 is 10.1 Å². The van der Waals surface area contributed by atoms with Crippen LogP contribution in [0, 0.1) is 6.92 Å². The fourth-order valence-electron chi connectivity index (χ4n) is 6.01. The van der Waals surface area contributed by atoms with E-state index in [-0.39, 0.29) is 31.1 Å². The maximum Gasteiger partial charge on any atom is 0.423 e. The molecule has 10 nitrogen and oxygen atoms in total. The maximum atomic E-state index is 13.5. The largest absolute Gasteiger partial charge is 0.469 e. The molecule has 13 heteroatoms. The van der Waals surface area contributed by atoms with Crippen LogP contribution in [-0.4, -0.2) is 59.5 Å². The van der Waals surface area contributed by atoms with Gasteiger partial charge in [-0.2, -0.15) is 18.2 Å². The molecule has 7 rings (SSSR count). The Hall–Kier alpha value is -3.74. The average Bonchev–Trinajstić information content (AvgIpc) is 3.62. The van der Waals surface area contributed by atoms with E-state index in [1.807, 2.05) is 12.1 Å². The molecule has 1 N–H and O–H groups in total. The van der Waals surface area contributed by atoms with Gasteiger partial charge < -0.3 is 19.4 Å². The van der Waals surface area contributed by atoms with E-state index in [0.717, 1.165) is 79.8 Å². The lowest BCUT2D eigenvalue weighted by molar-refractivity contribution is -0.142. The van der Waals surface area contributed by atoms with E-state index in [2.05, 4.69) is 47.6 Å². The van der Waals surface area contributed by atoms with Gasteiger partial charge in [0.25, 0.3) is 0 Å². The molecule has 0 bridgehead atoms. The third-order valence-corrected chi connectivity index (χ3v) is 8.07. The lowest BCUT2D eigenvalue weighted by Gasteiger charge is -2.30. The van der Waals surface area contributed by atoms with Crippen LogP contribution in [0.1, 0.15) is 60.8 Å². The maximum absolute atomic E-state index is 13.5. The van der Waals surface area contributed by atoms with Gasteiger partial charge in [-0.15, -0.1) is 10.2 Å². The van der Waals surface area contributed by atoms with Crippen molar-refractivity contribution in [2.75, 3.05) is 18.5 Å². The number of pyridine rings is 1. The molecule has 2 fully saturated rings. The van der Waals surface area contributed by atoms with Gasteiger partial charge in [0.2, 0.25) is 11.8 Å². The summed E-state index contributed by atoms with van der Waals surface area (Å²) in [4.78, 5) is 12.9. The van der Waals surface area contributed by atoms with Crippen molar-refractivity contribution in [3.05, 3.63) is 47.3 Å². The molecule has 0 aromatic carbocycles. The molecule has 2 atom stereocenters. The molecule has 4 aromatic rings. The van der Waals surface area contributed by atoms with E-state index in [1.165, 1.54) is 5.69 Å². The molecule has 210 valence electrons. The number of alkyl halides is 3.